The summed E-state index contributed by atoms with van der Waals surface area (Å²) in [4.78, 5) is 27.7. The summed E-state index contributed by atoms with van der Waals surface area (Å²) in [5.41, 5.74) is 2.57. The normalized spacial score (nSPS) is 21.5. The average Bonchev–Trinajstić information content (AvgIpc) is 3.91. The number of nitrogens with zero attached hydrogens (tertiary/aromatic N) is 2. The highest BCUT2D eigenvalue weighted by Gasteiger charge is 2.27. The molecule has 2 atom stereocenters. The van der Waals surface area contributed by atoms with Gasteiger partial charge < -0.3 is 28.8 Å². The monoisotopic (exact) mass is 738 g/mol. The molecule has 4 saturated heterocycles. The molecule has 4 aromatic rings. The van der Waals surface area contributed by atoms with Crippen molar-refractivity contribution in [2.75, 3.05) is 59.2 Å². The predicted molar refractivity (Wildman–Crippen MR) is 208 cm³/mol. The second kappa shape index (κ2) is 18.4. The van der Waals surface area contributed by atoms with Gasteiger partial charge in [-0.25, -0.2) is 0 Å². The number of carbonyl (C=O) groups excluding carboxylic acids is 1. The fourth-order valence-electron chi connectivity index (χ4n) is 7.93. The van der Waals surface area contributed by atoms with Crippen molar-refractivity contribution in [2.24, 2.45) is 11.8 Å². The Kier molecular flexibility index (Phi) is 13.0. The van der Waals surface area contributed by atoms with Crippen LogP contribution in [0, 0.1) is 11.8 Å². The maximum absolute atomic E-state index is 11.9. The lowest BCUT2D eigenvalue weighted by molar-refractivity contribution is -0.149. The molecule has 54 heavy (non-hydrogen) atoms. The molecular weight excluding hydrogens is 684 g/mol. The first-order valence-electron chi connectivity index (χ1n) is 19.8. The summed E-state index contributed by atoms with van der Waals surface area (Å²) in [6.07, 6.45) is 5.52. The van der Waals surface area contributed by atoms with Crippen LogP contribution in [0.5, 0.6) is 11.5 Å². The van der Waals surface area contributed by atoms with E-state index in [0.717, 1.165) is 103 Å². The van der Waals surface area contributed by atoms with Crippen LogP contribution < -0.4 is 9.47 Å². The van der Waals surface area contributed by atoms with Gasteiger partial charge in [-0.15, -0.1) is 0 Å². The highest BCUT2D eigenvalue weighted by Crippen LogP contribution is 2.28. The highest BCUT2D eigenvalue weighted by atomic mass is 16.6. The fraction of sp³-hybridized carbons (Fsp3) is 0.500. The summed E-state index contributed by atoms with van der Waals surface area (Å²) in [5.74, 6) is 1.02. The molecule has 10 nitrogen and oxygen atoms in total. The largest absolute Gasteiger partial charge is 0.488 e. The van der Waals surface area contributed by atoms with Crippen molar-refractivity contribution in [2.45, 2.75) is 70.7 Å². The number of aliphatic carboxylic acids is 1. The van der Waals surface area contributed by atoms with Gasteiger partial charge in [-0.3, -0.25) is 19.4 Å². The van der Waals surface area contributed by atoms with E-state index in [-0.39, 0.29) is 30.0 Å². The lowest BCUT2D eigenvalue weighted by atomic mass is 9.96. The summed E-state index contributed by atoms with van der Waals surface area (Å²) in [7, 11) is 0. The third kappa shape index (κ3) is 10.3. The van der Waals surface area contributed by atoms with Crippen molar-refractivity contribution in [1.82, 2.24) is 9.80 Å². The smallest absolute Gasteiger partial charge is 0.309 e. The number of rotatable bonds is 11. The summed E-state index contributed by atoms with van der Waals surface area (Å²) in [5, 5.41) is 13.9. The molecule has 0 saturated carbocycles. The number of carboxylic acids is 1. The molecule has 0 radical (unpaired) electrons. The standard InChI is InChI=1S/C23H29NO4.C21H25NO4/c1-2-27-23(25)18-7-10-24(11-8-18)15-17-3-4-20-14-21(6-5-19(20)13-17)28-22-9-12-26-16-22;23-21(24)16-5-8-22(9-6-16)13-15-1-2-18-12-19(4-3-17(18)11-15)26-20-7-10-25-14-20/h3-6,13-14,18,22H,2,7-12,15-16H2,1H3;1-4,11-12,16,20H,5-10,13-14H2,(H,23,24). The summed E-state index contributed by atoms with van der Waals surface area (Å²) >= 11 is 0. The zero-order chi connectivity index (χ0) is 37.3. The third-order valence-corrected chi connectivity index (χ3v) is 11.1. The third-order valence-electron chi connectivity index (χ3n) is 11.1. The van der Waals surface area contributed by atoms with E-state index in [4.69, 9.17) is 28.8 Å². The van der Waals surface area contributed by atoms with Gasteiger partial charge in [0.05, 0.1) is 44.9 Å². The van der Waals surface area contributed by atoms with Gasteiger partial charge in [-0.2, -0.15) is 0 Å². The van der Waals surface area contributed by atoms with Crippen molar-refractivity contribution in [3.63, 3.8) is 0 Å². The van der Waals surface area contributed by atoms with E-state index >= 15 is 0 Å². The Hall–Kier alpha value is -4.22. The van der Waals surface area contributed by atoms with E-state index in [9.17, 15) is 9.59 Å². The van der Waals surface area contributed by atoms with Crippen molar-refractivity contribution in [3.8, 4) is 11.5 Å². The van der Waals surface area contributed by atoms with Crippen LogP contribution in [0.4, 0.5) is 0 Å². The van der Waals surface area contributed by atoms with Gasteiger partial charge >= 0.3 is 11.9 Å². The molecule has 4 aromatic carbocycles. The van der Waals surface area contributed by atoms with Gasteiger partial charge in [0.25, 0.3) is 0 Å². The van der Waals surface area contributed by atoms with Crippen LogP contribution in [0.25, 0.3) is 21.5 Å². The zero-order valence-electron chi connectivity index (χ0n) is 31.5. The van der Waals surface area contributed by atoms with Crippen LogP contribution in [-0.4, -0.2) is 98.3 Å². The SMILES string of the molecule is CCOC(=O)C1CCN(Cc2ccc3cc(OC4CCOC4)ccc3c2)CC1.O=C(O)C1CCN(Cc2ccc3cc(OC4CCOC4)ccc3c2)CC1. The van der Waals surface area contributed by atoms with Gasteiger partial charge in [0, 0.05) is 25.9 Å². The molecule has 4 fully saturated rings. The minimum atomic E-state index is -0.655. The molecule has 288 valence electrons. The number of benzene rings is 4. The van der Waals surface area contributed by atoms with Gasteiger partial charge in [-0.05, 0) is 128 Å². The van der Waals surface area contributed by atoms with Crippen LogP contribution in [0.3, 0.4) is 0 Å². The molecule has 0 bridgehead atoms. The van der Waals surface area contributed by atoms with Gasteiger partial charge in [0.2, 0.25) is 0 Å². The molecule has 8 rings (SSSR count). The number of hydrogen-bond acceptors (Lipinski definition) is 9. The predicted octanol–water partition coefficient (Wildman–Crippen LogP) is 7.09. The van der Waals surface area contributed by atoms with Crippen LogP contribution in [0.2, 0.25) is 0 Å². The molecule has 2 unspecified atom stereocenters. The Labute approximate surface area is 318 Å². The van der Waals surface area contributed by atoms with E-state index in [1.54, 1.807) is 0 Å². The summed E-state index contributed by atoms with van der Waals surface area (Å²) in [6, 6.07) is 25.7. The molecule has 0 aliphatic carbocycles. The van der Waals surface area contributed by atoms with Crippen LogP contribution in [0.1, 0.15) is 56.6 Å². The highest BCUT2D eigenvalue weighted by molar-refractivity contribution is 5.85. The minimum Gasteiger partial charge on any atom is -0.488 e. The van der Waals surface area contributed by atoms with Crippen molar-refractivity contribution in [1.29, 1.82) is 0 Å². The molecule has 0 amide bonds. The van der Waals surface area contributed by atoms with E-state index in [2.05, 4.69) is 76.5 Å². The molecule has 0 aromatic heterocycles. The Balaban J connectivity index is 0.000000167. The lowest BCUT2D eigenvalue weighted by Crippen LogP contribution is -2.36. The first-order chi connectivity index (χ1) is 26.4. The first-order valence-corrected chi connectivity index (χ1v) is 19.8. The number of likely N-dealkylation sites (tertiary alicyclic amines) is 2. The van der Waals surface area contributed by atoms with Gasteiger partial charge in [-0.1, -0.05) is 36.4 Å². The molecule has 4 heterocycles. The van der Waals surface area contributed by atoms with Gasteiger partial charge in [0.1, 0.15) is 23.7 Å². The maximum Gasteiger partial charge on any atom is 0.309 e. The Bertz CT molecular complexity index is 1850. The molecule has 4 aliphatic heterocycles. The number of piperidine rings is 2. The zero-order valence-corrected chi connectivity index (χ0v) is 31.5. The maximum atomic E-state index is 11.9. The lowest BCUT2D eigenvalue weighted by Gasteiger charge is -2.30. The van der Waals surface area contributed by atoms with Gasteiger partial charge in [0.15, 0.2) is 0 Å². The van der Waals surface area contributed by atoms with E-state index < -0.39 is 5.97 Å². The Morgan fingerprint density at radius 1 is 0.630 bits per heavy atom. The quantitative estimate of drug-likeness (QED) is 0.161. The van der Waals surface area contributed by atoms with Crippen LogP contribution >= 0.6 is 0 Å². The molecule has 4 aliphatic rings. The molecule has 10 heteroatoms. The number of carboxylic acid groups (broad SMARTS) is 1. The van der Waals surface area contributed by atoms with Crippen molar-refractivity contribution in [3.05, 3.63) is 83.9 Å². The van der Waals surface area contributed by atoms with Crippen LogP contribution in [-0.2, 0) is 36.9 Å². The van der Waals surface area contributed by atoms with Crippen molar-refractivity contribution >= 4 is 33.5 Å². The fourth-order valence-corrected chi connectivity index (χ4v) is 7.93. The summed E-state index contributed by atoms with van der Waals surface area (Å²) < 4.78 is 27.9. The Morgan fingerprint density at radius 2 is 1.07 bits per heavy atom. The molecular formula is C44H54N2O8. The molecule has 1 N–H and O–H groups in total. The number of carbonyl (C=O) groups is 2. The van der Waals surface area contributed by atoms with E-state index in [1.165, 1.54) is 32.7 Å². The van der Waals surface area contributed by atoms with Crippen LogP contribution in [0.15, 0.2) is 72.8 Å². The average molecular weight is 739 g/mol. The Morgan fingerprint density at radius 3 is 1.50 bits per heavy atom. The van der Waals surface area contributed by atoms with E-state index in [1.807, 2.05) is 13.0 Å². The second-order valence-corrected chi connectivity index (χ2v) is 15.1. The number of esters is 1. The topological polar surface area (TPSA) is 107 Å². The number of ether oxygens (including phenoxy) is 5. The number of fused-ring (bicyclic) bond motifs is 2. The van der Waals surface area contributed by atoms with E-state index in [0.29, 0.717) is 19.8 Å². The van der Waals surface area contributed by atoms with Crippen molar-refractivity contribution < 1.29 is 38.4 Å². The summed E-state index contributed by atoms with van der Waals surface area (Å²) in [6.45, 7) is 10.7. The first kappa shape index (κ1) is 38.1. The second-order valence-electron chi connectivity index (χ2n) is 15.1. The number of hydrogen-bond donors (Lipinski definition) is 1. The minimum absolute atomic E-state index is 0.0324. The molecule has 0 spiro atoms.